The number of unbranched alkanes of at least 4 members (excludes halogenated alkanes) is 24. The average Bonchev–Trinajstić information content (AvgIpc) is 2.99. The Balaban J connectivity index is 3.89. The number of halogens is 1. The highest BCUT2D eigenvalue weighted by Gasteiger charge is 2.25. The van der Waals surface area contributed by atoms with Gasteiger partial charge in [-0.05, 0) is 17.4 Å². The van der Waals surface area contributed by atoms with E-state index in [0.717, 1.165) is 25.9 Å². The molecular weight excluding hydrogens is 563 g/mol. The first kappa shape index (κ1) is 42.3. The lowest BCUT2D eigenvalue weighted by molar-refractivity contribution is 0.0466. The maximum Gasteiger partial charge on any atom is 0.508 e. The SMILES string of the molecule is CCCCCCCCCCCCCCCCOCC(CCCCCCCCCCCCCC)O[P+](=O)CCC(O)CCl. The van der Waals surface area contributed by atoms with Crippen molar-refractivity contribution in [2.75, 3.05) is 25.3 Å². The second kappa shape index (κ2) is 35.7. The number of ether oxygens (including phenoxy) is 1. The smallest absolute Gasteiger partial charge is 0.392 e. The van der Waals surface area contributed by atoms with Crippen molar-refractivity contribution in [2.45, 2.75) is 206 Å². The molecule has 0 spiro atoms. The van der Waals surface area contributed by atoms with Crippen molar-refractivity contribution in [1.29, 1.82) is 0 Å². The van der Waals surface area contributed by atoms with E-state index >= 15 is 0 Å². The van der Waals surface area contributed by atoms with Crippen molar-refractivity contribution in [3.05, 3.63) is 0 Å². The summed E-state index contributed by atoms with van der Waals surface area (Å²) in [5, 5.41) is 9.69. The molecule has 42 heavy (non-hydrogen) atoms. The highest BCUT2D eigenvalue weighted by Crippen LogP contribution is 2.28. The van der Waals surface area contributed by atoms with Crippen LogP contribution in [0.1, 0.15) is 194 Å². The first-order valence-corrected chi connectivity index (χ1v) is 20.5. The van der Waals surface area contributed by atoms with E-state index in [2.05, 4.69) is 13.8 Å². The van der Waals surface area contributed by atoms with Crippen LogP contribution in [0, 0.1) is 0 Å². The Bertz CT molecular complexity index is 537. The van der Waals surface area contributed by atoms with Crippen LogP contribution in [0.15, 0.2) is 0 Å². The fraction of sp³-hybridized carbons (Fsp3) is 1.00. The van der Waals surface area contributed by atoms with E-state index in [-0.39, 0.29) is 12.0 Å². The number of hydrogen-bond acceptors (Lipinski definition) is 4. The van der Waals surface area contributed by atoms with Crippen LogP contribution < -0.4 is 0 Å². The molecule has 0 aliphatic carbocycles. The molecule has 0 radical (unpaired) electrons. The molecule has 0 amide bonds. The third-order valence-electron chi connectivity index (χ3n) is 8.42. The van der Waals surface area contributed by atoms with Gasteiger partial charge in [-0.25, -0.2) is 0 Å². The van der Waals surface area contributed by atoms with Gasteiger partial charge in [0.25, 0.3) is 0 Å². The van der Waals surface area contributed by atoms with Gasteiger partial charge in [-0.3, -0.25) is 0 Å². The average molecular weight is 636 g/mol. The quantitative estimate of drug-likeness (QED) is 0.0422. The minimum atomic E-state index is -1.79. The number of aliphatic hydroxyl groups is 1. The monoisotopic (exact) mass is 635 g/mol. The number of rotatable bonds is 36. The molecule has 0 aliphatic heterocycles. The number of alkyl halides is 1. The molecule has 0 rings (SSSR count). The van der Waals surface area contributed by atoms with Gasteiger partial charge in [0.15, 0.2) is 6.16 Å². The Morgan fingerprint density at radius 1 is 0.571 bits per heavy atom. The van der Waals surface area contributed by atoms with Crippen LogP contribution in [0.2, 0.25) is 0 Å². The predicted octanol–water partition coefficient (Wildman–Crippen LogP) is 12.7. The fourth-order valence-corrected chi connectivity index (χ4v) is 6.81. The summed E-state index contributed by atoms with van der Waals surface area (Å²) in [7, 11) is -1.79. The van der Waals surface area contributed by atoms with Gasteiger partial charge in [0.1, 0.15) is 6.10 Å². The molecule has 0 fully saturated rings. The van der Waals surface area contributed by atoms with Gasteiger partial charge in [-0.1, -0.05) is 174 Å². The molecule has 0 aromatic carbocycles. The van der Waals surface area contributed by atoms with Crippen molar-refractivity contribution < 1.29 is 18.9 Å². The molecule has 252 valence electrons. The van der Waals surface area contributed by atoms with Crippen molar-refractivity contribution >= 4 is 19.6 Å². The highest BCUT2D eigenvalue weighted by molar-refractivity contribution is 7.39. The number of aliphatic hydroxyl groups excluding tert-OH is 1. The van der Waals surface area contributed by atoms with E-state index < -0.39 is 14.1 Å². The second-order valence-electron chi connectivity index (χ2n) is 12.7. The molecule has 3 unspecified atom stereocenters. The summed E-state index contributed by atoms with van der Waals surface area (Å²) in [5.41, 5.74) is 0. The van der Waals surface area contributed by atoms with E-state index in [4.69, 9.17) is 20.9 Å². The van der Waals surface area contributed by atoms with Crippen molar-refractivity contribution in [3.8, 4) is 0 Å². The van der Waals surface area contributed by atoms with Gasteiger partial charge in [-0.2, -0.15) is 0 Å². The van der Waals surface area contributed by atoms with E-state index in [9.17, 15) is 9.67 Å². The Labute approximate surface area is 269 Å². The molecule has 0 saturated heterocycles. The normalized spacial score (nSPS) is 13.5. The summed E-state index contributed by atoms with van der Waals surface area (Å²) in [6.45, 7) is 5.84. The summed E-state index contributed by atoms with van der Waals surface area (Å²) in [6.07, 6.45) is 35.9. The van der Waals surface area contributed by atoms with Gasteiger partial charge < -0.3 is 9.84 Å². The van der Waals surface area contributed by atoms with Crippen molar-refractivity contribution in [2.24, 2.45) is 0 Å². The molecule has 1 N–H and O–H groups in total. The molecule has 0 heterocycles. The van der Waals surface area contributed by atoms with Gasteiger partial charge in [0.05, 0.1) is 12.7 Å². The van der Waals surface area contributed by atoms with Crippen LogP contribution in [-0.4, -0.2) is 42.6 Å². The fourth-order valence-electron chi connectivity index (χ4n) is 5.54. The summed E-state index contributed by atoms with van der Waals surface area (Å²) >= 11 is 5.68. The van der Waals surface area contributed by atoms with Crippen LogP contribution in [0.25, 0.3) is 0 Å². The zero-order valence-electron chi connectivity index (χ0n) is 28.3. The van der Waals surface area contributed by atoms with Crippen LogP contribution >= 0.6 is 19.6 Å². The predicted molar refractivity (Wildman–Crippen MR) is 186 cm³/mol. The topological polar surface area (TPSA) is 55.8 Å². The molecule has 6 heteroatoms. The van der Waals surface area contributed by atoms with E-state index in [0.29, 0.717) is 19.2 Å². The Morgan fingerprint density at radius 2 is 0.952 bits per heavy atom. The van der Waals surface area contributed by atoms with E-state index in [1.54, 1.807) is 0 Å². The Morgan fingerprint density at radius 3 is 1.36 bits per heavy atom. The van der Waals surface area contributed by atoms with Crippen LogP contribution in [-0.2, 0) is 13.8 Å². The molecule has 4 nitrogen and oxygen atoms in total. The maximum absolute atomic E-state index is 12.5. The minimum absolute atomic E-state index is 0.114. The molecule has 3 atom stereocenters. The first-order valence-electron chi connectivity index (χ1n) is 18.6. The summed E-state index contributed by atoms with van der Waals surface area (Å²) in [6, 6.07) is 0. The third kappa shape index (κ3) is 33.2. The van der Waals surface area contributed by atoms with Crippen molar-refractivity contribution in [3.63, 3.8) is 0 Å². The second-order valence-corrected chi connectivity index (χ2v) is 14.4. The lowest BCUT2D eigenvalue weighted by atomic mass is 10.0. The zero-order chi connectivity index (χ0) is 30.8. The van der Waals surface area contributed by atoms with Gasteiger partial charge >= 0.3 is 8.03 Å². The van der Waals surface area contributed by atoms with E-state index in [1.165, 1.54) is 154 Å². The molecule has 0 bridgehead atoms. The molecule has 0 saturated carbocycles. The largest absolute Gasteiger partial charge is 0.508 e. The third-order valence-corrected chi connectivity index (χ3v) is 9.93. The Hall–Kier alpha value is 0.270. The summed E-state index contributed by atoms with van der Waals surface area (Å²) < 4.78 is 24.4. The Kier molecular flexibility index (Phi) is 36.0. The summed E-state index contributed by atoms with van der Waals surface area (Å²) in [5.74, 6) is 0.174. The maximum atomic E-state index is 12.5. The van der Waals surface area contributed by atoms with Crippen LogP contribution in [0.5, 0.6) is 0 Å². The lowest BCUT2D eigenvalue weighted by Gasteiger charge is -2.12. The van der Waals surface area contributed by atoms with Crippen molar-refractivity contribution in [1.82, 2.24) is 0 Å². The number of hydrogen-bond donors (Lipinski definition) is 1. The zero-order valence-corrected chi connectivity index (χ0v) is 29.9. The van der Waals surface area contributed by atoms with Gasteiger partial charge in [0.2, 0.25) is 0 Å². The van der Waals surface area contributed by atoms with Crippen LogP contribution in [0.4, 0.5) is 0 Å². The molecule has 0 aliphatic rings. The molecule has 0 aromatic heterocycles. The molecular formula is C36H73ClO4P+. The van der Waals surface area contributed by atoms with E-state index in [1.807, 2.05) is 0 Å². The first-order chi connectivity index (χ1) is 20.6. The van der Waals surface area contributed by atoms with Crippen LogP contribution in [0.3, 0.4) is 0 Å². The summed E-state index contributed by atoms with van der Waals surface area (Å²) in [4.78, 5) is 0. The lowest BCUT2D eigenvalue weighted by Crippen LogP contribution is -2.18. The standard InChI is InChI=1S/C36H73ClO4P/c1-3-5-7-9-11-13-15-17-18-20-22-24-26-28-31-40-34-36(41-42(39)32-30-35(38)33-37)29-27-25-23-21-19-16-14-12-10-8-6-4-2/h35-36,38H,3-34H2,1-2H3/q+1. The van der Waals surface area contributed by atoms with Gasteiger partial charge in [0, 0.05) is 18.9 Å². The van der Waals surface area contributed by atoms with Gasteiger partial charge in [-0.15, -0.1) is 16.1 Å². The highest BCUT2D eigenvalue weighted by atomic mass is 35.5. The molecule has 0 aromatic rings. The minimum Gasteiger partial charge on any atom is -0.392 e.